The van der Waals surface area contributed by atoms with Crippen LogP contribution in [-0.2, 0) is 11.3 Å². The van der Waals surface area contributed by atoms with E-state index in [4.69, 9.17) is 5.11 Å². The molecule has 4 nitrogen and oxygen atoms in total. The molecule has 0 aliphatic heterocycles. The van der Waals surface area contributed by atoms with Gasteiger partial charge in [0.1, 0.15) is 0 Å². The molecule has 1 heterocycles. The van der Waals surface area contributed by atoms with Crippen molar-refractivity contribution in [1.82, 2.24) is 4.57 Å². The topological polar surface area (TPSA) is 54.6 Å². The van der Waals surface area contributed by atoms with Crippen LogP contribution in [0.5, 0.6) is 0 Å². The third-order valence-electron chi connectivity index (χ3n) is 3.31. The number of carboxylic acids is 1. The van der Waals surface area contributed by atoms with Crippen LogP contribution in [-0.4, -0.2) is 15.6 Å². The van der Waals surface area contributed by atoms with E-state index in [0.717, 1.165) is 21.9 Å². The summed E-state index contributed by atoms with van der Waals surface area (Å²) in [4.78, 5) is 17.5. The van der Waals surface area contributed by atoms with Crippen molar-refractivity contribution < 1.29 is 9.90 Å². The number of nitrogens with zero attached hydrogens (tertiary/aromatic N) is 2. The predicted molar refractivity (Wildman–Crippen MR) is 85.2 cm³/mol. The Morgan fingerprint density at radius 2 is 1.95 bits per heavy atom. The molecule has 1 unspecified atom stereocenters. The summed E-state index contributed by atoms with van der Waals surface area (Å²) in [5.41, 5.74) is 3.26. The third-order valence-corrected chi connectivity index (χ3v) is 4.51. The first-order valence-corrected chi connectivity index (χ1v) is 7.78. The highest BCUT2D eigenvalue weighted by Crippen LogP contribution is 2.20. The number of hydrogen-bond acceptors (Lipinski definition) is 3. The average molecular weight is 304 g/mol. The molecule has 1 atom stereocenters. The van der Waals surface area contributed by atoms with E-state index in [1.807, 2.05) is 43.7 Å². The first kappa shape index (κ1) is 15.5. The van der Waals surface area contributed by atoms with Gasteiger partial charge in [0.05, 0.1) is 11.6 Å². The molecular formula is C16H20N2O2S. The summed E-state index contributed by atoms with van der Waals surface area (Å²) in [5, 5.41) is 9.14. The molecule has 0 saturated heterocycles. The molecule has 1 aromatic heterocycles. The number of aryl methyl sites for hydroxylation is 3. The number of carboxylic acid groups (broad SMARTS) is 1. The lowest BCUT2D eigenvalue weighted by Gasteiger charge is -2.00. The number of rotatable bonds is 4. The molecule has 0 saturated carbocycles. The zero-order valence-corrected chi connectivity index (χ0v) is 13.6. The molecule has 0 amide bonds. The molecule has 0 aliphatic carbocycles. The minimum Gasteiger partial charge on any atom is -0.481 e. The van der Waals surface area contributed by atoms with Gasteiger partial charge >= 0.3 is 5.97 Å². The molecule has 5 heteroatoms. The van der Waals surface area contributed by atoms with Gasteiger partial charge in [-0.2, -0.15) is 0 Å². The monoisotopic (exact) mass is 304 g/mol. The van der Waals surface area contributed by atoms with Crippen molar-refractivity contribution >= 4 is 23.0 Å². The number of hydrogen-bond donors (Lipinski definition) is 1. The summed E-state index contributed by atoms with van der Waals surface area (Å²) in [7, 11) is 0. The van der Waals surface area contributed by atoms with Crippen molar-refractivity contribution in [3.05, 3.63) is 45.2 Å². The van der Waals surface area contributed by atoms with E-state index >= 15 is 0 Å². The molecule has 0 radical (unpaired) electrons. The molecule has 1 N–H and O–H groups in total. The molecule has 2 aromatic rings. The van der Waals surface area contributed by atoms with E-state index in [0.29, 0.717) is 0 Å². The standard InChI is InChI=1S/C16H20N2O2S/c1-5-18-9-14(12(4)15(19)20)21-16(18)17-13-7-10(2)6-11(3)8-13/h6-9,12H,5H2,1-4H3,(H,19,20)/b17-16+. The lowest BCUT2D eigenvalue weighted by molar-refractivity contribution is -0.138. The van der Waals surface area contributed by atoms with E-state index in [1.165, 1.54) is 22.5 Å². The maximum Gasteiger partial charge on any atom is 0.311 e. The lowest BCUT2D eigenvalue weighted by Crippen LogP contribution is -2.11. The molecule has 2 rings (SSSR count). The van der Waals surface area contributed by atoms with Crippen LogP contribution in [0.25, 0.3) is 0 Å². The quantitative estimate of drug-likeness (QED) is 0.938. The Morgan fingerprint density at radius 1 is 1.33 bits per heavy atom. The van der Waals surface area contributed by atoms with Gasteiger partial charge in [-0.15, -0.1) is 11.3 Å². The first-order chi connectivity index (χ1) is 9.90. The maximum absolute atomic E-state index is 11.1. The SMILES string of the molecule is CCn1cc(C(C)C(=O)O)s/c1=N/c1cc(C)cc(C)c1. The third kappa shape index (κ3) is 3.61. The predicted octanol–water partition coefficient (Wildman–Crippen LogP) is 3.61. The van der Waals surface area contributed by atoms with Crippen LogP contribution in [0, 0.1) is 13.8 Å². The summed E-state index contributed by atoms with van der Waals surface area (Å²) in [6.45, 7) is 8.60. The number of aromatic nitrogens is 1. The van der Waals surface area contributed by atoms with Gasteiger partial charge in [-0.05, 0) is 51.0 Å². The highest BCUT2D eigenvalue weighted by Gasteiger charge is 2.16. The molecule has 0 aliphatic rings. The minimum absolute atomic E-state index is 0.504. The Morgan fingerprint density at radius 3 is 2.48 bits per heavy atom. The van der Waals surface area contributed by atoms with Crippen LogP contribution in [0.3, 0.4) is 0 Å². The van der Waals surface area contributed by atoms with Crippen LogP contribution < -0.4 is 4.80 Å². The van der Waals surface area contributed by atoms with Gasteiger partial charge < -0.3 is 9.67 Å². The fourth-order valence-corrected chi connectivity index (χ4v) is 3.28. The molecule has 112 valence electrons. The minimum atomic E-state index is -0.808. The maximum atomic E-state index is 11.1. The van der Waals surface area contributed by atoms with Gasteiger partial charge in [0.2, 0.25) is 0 Å². The Bertz CT molecular complexity index is 708. The molecule has 0 bridgehead atoms. The van der Waals surface area contributed by atoms with E-state index in [2.05, 4.69) is 11.1 Å². The van der Waals surface area contributed by atoms with Crippen molar-refractivity contribution in [2.24, 2.45) is 4.99 Å². The summed E-state index contributed by atoms with van der Waals surface area (Å²) < 4.78 is 2.00. The second kappa shape index (κ2) is 6.26. The first-order valence-electron chi connectivity index (χ1n) is 6.96. The summed E-state index contributed by atoms with van der Waals surface area (Å²) >= 11 is 1.44. The molecule has 0 fully saturated rings. The molecule has 0 spiro atoms. The summed E-state index contributed by atoms with van der Waals surface area (Å²) in [5.74, 6) is -1.31. The van der Waals surface area contributed by atoms with E-state index in [1.54, 1.807) is 6.92 Å². The number of thiazole rings is 1. The van der Waals surface area contributed by atoms with Gasteiger partial charge in [-0.3, -0.25) is 4.79 Å². The zero-order valence-electron chi connectivity index (χ0n) is 12.8. The van der Waals surface area contributed by atoms with Crippen molar-refractivity contribution in [3.63, 3.8) is 0 Å². The van der Waals surface area contributed by atoms with Crippen LogP contribution in [0.15, 0.2) is 29.4 Å². The summed E-state index contributed by atoms with van der Waals surface area (Å²) in [6, 6.07) is 6.18. The van der Waals surface area contributed by atoms with Crippen LogP contribution in [0.1, 0.15) is 35.8 Å². The zero-order chi connectivity index (χ0) is 15.6. The van der Waals surface area contributed by atoms with Crippen molar-refractivity contribution in [3.8, 4) is 0 Å². The molecule has 1 aromatic carbocycles. The fraction of sp³-hybridized carbons (Fsp3) is 0.375. The van der Waals surface area contributed by atoms with Crippen molar-refractivity contribution in [1.29, 1.82) is 0 Å². The van der Waals surface area contributed by atoms with Gasteiger partial charge in [0, 0.05) is 17.6 Å². The van der Waals surface area contributed by atoms with E-state index in [9.17, 15) is 4.79 Å². The molecular weight excluding hydrogens is 284 g/mol. The Balaban J connectivity index is 2.51. The van der Waals surface area contributed by atoms with Crippen LogP contribution in [0.4, 0.5) is 5.69 Å². The number of benzene rings is 1. The summed E-state index contributed by atoms with van der Waals surface area (Å²) in [6.07, 6.45) is 1.89. The Kier molecular flexibility index (Phi) is 4.63. The van der Waals surface area contributed by atoms with Crippen LogP contribution >= 0.6 is 11.3 Å². The van der Waals surface area contributed by atoms with Crippen molar-refractivity contribution in [2.75, 3.05) is 0 Å². The second-order valence-corrected chi connectivity index (χ2v) is 6.26. The second-order valence-electron chi connectivity index (χ2n) is 5.22. The van der Waals surface area contributed by atoms with Gasteiger partial charge in [0.15, 0.2) is 4.80 Å². The fourth-order valence-electron chi connectivity index (χ4n) is 2.16. The van der Waals surface area contributed by atoms with Gasteiger partial charge in [0.25, 0.3) is 0 Å². The lowest BCUT2D eigenvalue weighted by atomic mass is 10.1. The number of aliphatic carboxylic acids is 1. The average Bonchev–Trinajstić information content (AvgIpc) is 2.79. The van der Waals surface area contributed by atoms with Gasteiger partial charge in [-0.1, -0.05) is 6.07 Å². The Labute approximate surface area is 128 Å². The Hall–Kier alpha value is -1.88. The largest absolute Gasteiger partial charge is 0.481 e. The highest BCUT2D eigenvalue weighted by molar-refractivity contribution is 7.09. The normalized spacial score (nSPS) is 13.4. The highest BCUT2D eigenvalue weighted by atomic mass is 32.1. The number of carbonyl (C=O) groups is 1. The smallest absolute Gasteiger partial charge is 0.311 e. The van der Waals surface area contributed by atoms with E-state index < -0.39 is 11.9 Å². The van der Waals surface area contributed by atoms with Gasteiger partial charge in [-0.25, -0.2) is 4.99 Å². The molecule has 21 heavy (non-hydrogen) atoms. The van der Waals surface area contributed by atoms with Crippen LogP contribution in [0.2, 0.25) is 0 Å². The van der Waals surface area contributed by atoms with Crippen molar-refractivity contribution in [2.45, 2.75) is 40.2 Å². The van der Waals surface area contributed by atoms with E-state index in [-0.39, 0.29) is 0 Å².